The van der Waals surface area contributed by atoms with Crippen molar-refractivity contribution >= 4 is 17.4 Å². The van der Waals surface area contributed by atoms with E-state index in [0.29, 0.717) is 35.9 Å². The Kier molecular flexibility index (Phi) is 4.88. The first-order chi connectivity index (χ1) is 13.9. The summed E-state index contributed by atoms with van der Waals surface area (Å²) in [4.78, 5) is 38.1. The van der Waals surface area contributed by atoms with E-state index < -0.39 is 0 Å². The number of pyridine rings is 1. The Bertz CT molecular complexity index is 1100. The molecule has 7 nitrogen and oxygen atoms in total. The van der Waals surface area contributed by atoms with Crippen LogP contribution in [0.25, 0.3) is 11.4 Å². The molecule has 0 spiro atoms. The van der Waals surface area contributed by atoms with Crippen LogP contribution in [0.4, 0.5) is 11.5 Å². The third-order valence-electron chi connectivity index (χ3n) is 5.30. The van der Waals surface area contributed by atoms with Crippen LogP contribution in [0, 0.1) is 20.8 Å². The number of H-pyrrole nitrogens is 1. The Morgan fingerprint density at radius 2 is 1.83 bits per heavy atom. The number of aryl methyl sites for hydroxylation is 2. The van der Waals surface area contributed by atoms with Gasteiger partial charge in [-0.2, -0.15) is 0 Å². The SMILES string of the molecule is Cc1ccc(N2CCC(Nc3ccc(-c4nc(C)c(C)c(=O)[nH]4)cn3)C2=O)cc1. The van der Waals surface area contributed by atoms with E-state index in [1.807, 2.05) is 44.2 Å². The molecule has 3 heterocycles. The van der Waals surface area contributed by atoms with Gasteiger partial charge in [-0.1, -0.05) is 17.7 Å². The number of aromatic amines is 1. The average Bonchev–Trinajstić information content (AvgIpc) is 3.07. The van der Waals surface area contributed by atoms with Crippen molar-refractivity contribution in [2.45, 2.75) is 33.2 Å². The maximum absolute atomic E-state index is 12.8. The molecule has 29 heavy (non-hydrogen) atoms. The molecule has 7 heteroatoms. The lowest BCUT2D eigenvalue weighted by molar-refractivity contribution is -0.117. The fourth-order valence-corrected chi connectivity index (χ4v) is 3.37. The molecule has 0 radical (unpaired) electrons. The maximum atomic E-state index is 12.8. The van der Waals surface area contributed by atoms with Gasteiger partial charge in [0, 0.05) is 35.2 Å². The molecule has 1 unspecified atom stereocenters. The zero-order valence-corrected chi connectivity index (χ0v) is 16.7. The first-order valence-electron chi connectivity index (χ1n) is 9.61. The summed E-state index contributed by atoms with van der Waals surface area (Å²) in [5.41, 5.74) is 3.95. The summed E-state index contributed by atoms with van der Waals surface area (Å²) in [5, 5.41) is 3.22. The van der Waals surface area contributed by atoms with Gasteiger partial charge >= 0.3 is 0 Å². The second-order valence-electron chi connectivity index (χ2n) is 7.37. The van der Waals surface area contributed by atoms with Crippen LogP contribution in [-0.2, 0) is 4.79 Å². The van der Waals surface area contributed by atoms with Gasteiger partial charge in [0.05, 0.1) is 0 Å². The summed E-state index contributed by atoms with van der Waals surface area (Å²) in [6.07, 6.45) is 2.36. The number of benzene rings is 1. The average molecular weight is 389 g/mol. The second kappa shape index (κ2) is 7.50. The van der Waals surface area contributed by atoms with E-state index in [4.69, 9.17) is 0 Å². The van der Waals surface area contributed by atoms with Crippen LogP contribution < -0.4 is 15.8 Å². The number of carbonyl (C=O) groups excluding carboxylic acids is 1. The number of hydrogen-bond donors (Lipinski definition) is 2. The van der Waals surface area contributed by atoms with Crippen LogP contribution in [-0.4, -0.2) is 33.4 Å². The first kappa shape index (κ1) is 18.9. The molecule has 2 N–H and O–H groups in total. The van der Waals surface area contributed by atoms with Gasteiger partial charge in [0.15, 0.2) is 0 Å². The summed E-state index contributed by atoms with van der Waals surface area (Å²) in [6.45, 7) is 6.25. The highest BCUT2D eigenvalue weighted by molar-refractivity contribution is 6.00. The van der Waals surface area contributed by atoms with E-state index in [2.05, 4.69) is 20.3 Å². The number of rotatable bonds is 4. The minimum atomic E-state index is -0.311. The lowest BCUT2D eigenvalue weighted by Gasteiger charge is -2.17. The summed E-state index contributed by atoms with van der Waals surface area (Å²) in [7, 11) is 0. The predicted molar refractivity (Wildman–Crippen MR) is 113 cm³/mol. The minimum Gasteiger partial charge on any atom is -0.358 e. The van der Waals surface area contributed by atoms with Gasteiger partial charge in [-0.05, 0) is 51.5 Å². The first-order valence-corrected chi connectivity index (χ1v) is 9.61. The van der Waals surface area contributed by atoms with Gasteiger partial charge in [0.1, 0.15) is 17.7 Å². The molecule has 4 rings (SSSR count). The number of aromatic nitrogens is 3. The summed E-state index contributed by atoms with van der Waals surface area (Å²) in [5.74, 6) is 1.14. The van der Waals surface area contributed by atoms with E-state index in [-0.39, 0.29) is 17.5 Å². The Hall–Kier alpha value is -3.48. The highest BCUT2D eigenvalue weighted by Gasteiger charge is 2.32. The Morgan fingerprint density at radius 3 is 2.48 bits per heavy atom. The van der Waals surface area contributed by atoms with Gasteiger partial charge in [0.25, 0.3) is 5.56 Å². The van der Waals surface area contributed by atoms with Crippen LogP contribution in [0.1, 0.15) is 23.2 Å². The van der Waals surface area contributed by atoms with Crippen molar-refractivity contribution < 1.29 is 4.79 Å². The van der Waals surface area contributed by atoms with Crippen molar-refractivity contribution in [2.24, 2.45) is 0 Å². The van der Waals surface area contributed by atoms with Crippen molar-refractivity contribution in [3.05, 3.63) is 69.8 Å². The van der Waals surface area contributed by atoms with Crippen LogP contribution in [0.5, 0.6) is 0 Å². The molecule has 0 aliphatic carbocycles. The molecule has 1 atom stereocenters. The fraction of sp³-hybridized carbons (Fsp3) is 0.273. The van der Waals surface area contributed by atoms with Crippen LogP contribution in [0.2, 0.25) is 0 Å². The van der Waals surface area contributed by atoms with Gasteiger partial charge in [-0.15, -0.1) is 0 Å². The highest BCUT2D eigenvalue weighted by Crippen LogP contribution is 2.24. The lowest BCUT2D eigenvalue weighted by Crippen LogP contribution is -2.33. The van der Waals surface area contributed by atoms with Crippen molar-refractivity contribution in [2.75, 3.05) is 16.8 Å². The molecule has 148 valence electrons. The third kappa shape index (κ3) is 3.76. The minimum absolute atomic E-state index is 0.0416. The zero-order valence-electron chi connectivity index (χ0n) is 16.7. The van der Waals surface area contributed by atoms with Crippen molar-refractivity contribution in [3.8, 4) is 11.4 Å². The molecule has 2 aromatic heterocycles. The molecule has 1 aliphatic heterocycles. The van der Waals surface area contributed by atoms with E-state index in [1.54, 1.807) is 24.1 Å². The monoisotopic (exact) mass is 389 g/mol. The molecule has 0 bridgehead atoms. The molecule has 1 saturated heterocycles. The van der Waals surface area contributed by atoms with Gasteiger partial charge in [-0.3, -0.25) is 9.59 Å². The Labute approximate surface area is 168 Å². The molecule has 1 aromatic carbocycles. The molecule has 1 aliphatic rings. The second-order valence-corrected chi connectivity index (χ2v) is 7.37. The van der Waals surface area contributed by atoms with Crippen molar-refractivity contribution in [3.63, 3.8) is 0 Å². The van der Waals surface area contributed by atoms with E-state index in [0.717, 1.165) is 11.3 Å². The topological polar surface area (TPSA) is 91.0 Å². The molecule has 0 saturated carbocycles. The number of hydrogen-bond acceptors (Lipinski definition) is 5. The molecule has 3 aromatic rings. The normalized spacial score (nSPS) is 16.3. The van der Waals surface area contributed by atoms with E-state index in [9.17, 15) is 9.59 Å². The number of carbonyl (C=O) groups is 1. The van der Waals surface area contributed by atoms with E-state index >= 15 is 0 Å². The maximum Gasteiger partial charge on any atom is 0.254 e. The van der Waals surface area contributed by atoms with Crippen LogP contribution in [0.3, 0.4) is 0 Å². The lowest BCUT2D eigenvalue weighted by atomic mass is 10.2. The quantitative estimate of drug-likeness (QED) is 0.716. The number of nitrogens with zero attached hydrogens (tertiary/aromatic N) is 3. The number of amides is 1. The summed E-state index contributed by atoms with van der Waals surface area (Å²) in [6, 6.07) is 11.3. The number of nitrogens with one attached hydrogen (secondary N) is 2. The largest absolute Gasteiger partial charge is 0.358 e. The molecular weight excluding hydrogens is 366 g/mol. The van der Waals surface area contributed by atoms with E-state index in [1.165, 1.54) is 5.56 Å². The smallest absolute Gasteiger partial charge is 0.254 e. The predicted octanol–water partition coefficient (Wildman–Crippen LogP) is 2.97. The third-order valence-corrected chi connectivity index (χ3v) is 5.30. The van der Waals surface area contributed by atoms with Gasteiger partial charge < -0.3 is 15.2 Å². The van der Waals surface area contributed by atoms with Crippen molar-refractivity contribution in [1.82, 2.24) is 15.0 Å². The van der Waals surface area contributed by atoms with Gasteiger partial charge in [0.2, 0.25) is 5.91 Å². The molecular formula is C22H23N5O2. The molecule has 1 amide bonds. The van der Waals surface area contributed by atoms with Crippen LogP contribution in [0.15, 0.2) is 47.4 Å². The van der Waals surface area contributed by atoms with Gasteiger partial charge in [-0.25, -0.2) is 9.97 Å². The zero-order chi connectivity index (χ0) is 20.5. The van der Waals surface area contributed by atoms with Crippen molar-refractivity contribution in [1.29, 1.82) is 0 Å². The Morgan fingerprint density at radius 1 is 1.07 bits per heavy atom. The standard InChI is InChI=1S/C22H23N5O2/c1-13-4-7-17(8-5-13)27-11-10-18(22(27)29)25-19-9-6-16(12-23-19)20-24-15(3)14(2)21(28)26-20/h4-9,12,18H,10-11H2,1-3H3,(H,23,25)(H,24,26,28). The number of anilines is 2. The summed E-state index contributed by atoms with van der Waals surface area (Å²) < 4.78 is 0. The molecule has 1 fully saturated rings. The highest BCUT2D eigenvalue weighted by atomic mass is 16.2. The summed E-state index contributed by atoms with van der Waals surface area (Å²) >= 11 is 0. The Balaban J connectivity index is 1.47. The van der Waals surface area contributed by atoms with Crippen LogP contribution >= 0.6 is 0 Å². The fourth-order valence-electron chi connectivity index (χ4n) is 3.37.